The predicted octanol–water partition coefficient (Wildman–Crippen LogP) is 2.89. The minimum Gasteiger partial charge on any atom is -0.492 e. The van der Waals surface area contributed by atoms with E-state index in [9.17, 15) is 5.11 Å². The van der Waals surface area contributed by atoms with Crippen LogP contribution in [0.2, 0.25) is 0 Å². The number of hydrogen-bond acceptors (Lipinski definition) is 3. The van der Waals surface area contributed by atoms with E-state index in [0.29, 0.717) is 13.2 Å². The van der Waals surface area contributed by atoms with Gasteiger partial charge in [0.2, 0.25) is 0 Å². The number of likely N-dealkylation sites (N-methyl/N-ethyl adjacent to an activating group) is 1. The van der Waals surface area contributed by atoms with Crippen LogP contribution in [-0.2, 0) is 0 Å². The molecule has 0 saturated heterocycles. The molecule has 2 rings (SSSR count). The highest BCUT2D eigenvalue weighted by atomic mass is 127. The van der Waals surface area contributed by atoms with E-state index in [1.54, 1.807) is 0 Å². The lowest BCUT2D eigenvalue weighted by molar-refractivity contribution is 0.0572. The number of rotatable bonds is 7. The maximum absolute atomic E-state index is 10.4. The molecule has 0 spiro atoms. The zero-order chi connectivity index (χ0) is 16.5. The second kappa shape index (κ2) is 10.8. The van der Waals surface area contributed by atoms with Gasteiger partial charge < -0.3 is 20.1 Å². The van der Waals surface area contributed by atoms with Crippen LogP contribution in [0.4, 0.5) is 0 Å². The summed E-state index contributed by atoms with van der Waals surface area (Å²) in [6.07, 6.45) is 3.92. The molecule has 136 valence electrons. The molecular weight excluding hydrogens is 417 g/mol. The fraction of sp³-hybridized carbons (Fsp3) is 0.611. The summed E-state index contributed by atoms with van der Waals surface area (Å²) in [7, 11) is 1.99. The Bertz CT molecular complexity index is 490. The second-order valence-electron chi connectivity index (χ2n) is 6.18. The van der Waals surface area contributed by atoms with Crippen molar-refractivity contribution >= 4 is 29.9 Å². The smallest absolute Gasteiger partial charge is 0.193 e. The van der Waals surface area contributed by atoms with Crippen LogP contribution in [0.3, 0.4) is 0 Å². The van der Waals surface area contributed by atoms with Gasteiger partial charge in [0.25, 0.3) is 0 Å². The molecule has 1 saturated carbocycles. The Kier molecular flexibility index (Phi) is 9.43. The SMILES string of the molecule is CCNC(=NCC1(O)CCCC1)N(C)CCOc1ccccc1.I. The highest BCUT2D eigenvalue weighted by Gasteiger charge is 2.30. The van der Waals surface area contributed by atoms with Crippen molar-refractivity contribution in [3.8, 4) is 5.75 Å². The normalized spacial score (nSPS) is 16.4. The maximum atomic E-state index is 10.4. The zero-order valence-corrected chi connectivity index (χ0v) is 17.0. The Hall–Kier alpha value is -1.02. The summed E-state index contributed by atoms with van der Waals surface area (Å²) in [4.78, 5) is 6.67. The zero-order valence-electron chi connectivity index (χ0n) is 14.7. The van der Waals surface area contributed by atoms with Crippen LogP contribution >= 0.6 is 24.0 Å². The predicted molar refractivity (Wildman–Crippen MR) is 109 cm³/mol. The molecule has 0 unspecified atom stereocenters. The highest BCUT2D eigenvalue weighted by Crippen LogP contribution is 2.29. The van der Waals surface area contributed by atoms with E-state index in [1.165, 1.54) is 0 Å². The summed E-state index contributed by atoms with van der Waals surface area (Å²) in [5, 5.41) is 13.7. The van der Waals surface area contributed by atoms with E-state index >= 15 is 0 Å². The van der Waals surface area contributed by atoms with Gasteiger partial charge in [-0.15, -0.1) is 24.0 Å². The number of ether oxygens (including phenoxy) is 1. The number of halogens is 1. The highest BCUT2D eigenvalue weighted by molar-refractivity contribution is 14.0. The Labute approximate surface area is 162 Å². The average Bonchev–Trinajstić information content (AvgIpc) is 2.99. The van der Waals surface area contributed by atoms with Crippen LogP contribution in [0.1, 0.15) is 32.6 Å². The standard InChI is InChI=1S/C18H29N3O2.HI/c1-3-19-17(20-15-18(22)11-7-8-12-18)21(2)13-14-23-16-9-5-4-6-10-16;/h4-6,9-10,22H,3,7-8,11-15H2,1-2H3,(H,19,20);1H. The third kappa shape index (κ3) is 6.84. The third-order valence-electron chi connectivity index (χ3n) is 4.19. The topological polar surface area (TPSA) is 57.1 Å². The number of benzene rings is 1. The van der Waals surface area contributed by atoms with Crippen molar-refractivity contribution in [3.63, 3.8) is 0 Å². The molecule has 6 heteroatoms. The van der Waals surface area contributed by atoms with E-state index in [-0.39, 0.29) is 24.0 Å². The number of nitrogens with zero attached hydrogens (tertiary/aromatic N) is 2. The first-order valence-corrected chi connectivity index (χ1v) is 8.53. The van der Waals surface area contributed by atoms with Crippen LogP contribution in [-0.4, -0.2) is 54.9 Å². The molecule has 0 atom stereocenters. The Balaban J connectivity index is 0.00000288. The quantitative estimate of drug-likeness (QED) is 0.384. The lowest BCUT2D eigenvalue weighted by Crippen LogP contribution is -2.42. The number of hydrogen-bond donors (Lipinski definition) is 2. The molecule has 2 N–H and O–H groups in total. The summed E-state index contributed by atoms with van der Waals surface area (Å²) in [5.74, 6) is 1.70. The summed E-state index contributed by atoms with van der Waals surface area (Å²) >= 11 is 0. The van der Waals surface area contributed by atoms with Crippen LogP contribution in [0.5, 0.6) is 5.75 Å². The van der Waals surface area contributed by atoms with Crippen molar-refractivity contribution in [1.82, 2.24) is 10.2 Å². The van der Waals surface area contributed by atoms with Gasteiger partial charge in [-0.2, -0.15) is 0 Å². The lowest BCUT2D eigenvalue weighted by Gasteiger charge is -2.25. The van der Waals surface area contributed by atoms with Gasteiger partial charge in [-0.1, -0.05) is 31.0 Å². The molecule has 1 fully saturated rings. The molecule has 0 heterocycles. The monoisotopic (exact) mass is 447 g/mol. The molecule has 0 aliphatic heterocycles. The van der Waals surface area contributed by atoms with E-state index < -0.39 is 5.60 Å². The van der Waals surface area contributed by atoms with Crippen molar-refractivity contribution in [2.24, 2.45) is 4.99 Å². The largest absolute Gasteiger partial charge is 0.492 e. The van der Waals surface area contributed by atoms with Crippen molar-refractivity contribution in [2.75, 3.05) is 33.3 Å². The van der Waals surface area contributed by atoms with E-state index in [0.717, 1.165) is 50.5 Å². The second-order valence-corrected chi connectivity index (χ2v) is 6.18. The van der Waals surface area contributed by atoms with Crippen molar-refractivity contribution in [3.05, 3.63) is 30.3 Å². The van der Waals surface area contributed by atoms with Crippen LogP contribution in [0.25, 0.3) is 0 Å². The Morgan fingerprint density at radius 3 is 2.58 bits per heavy atom. The number of nitrogens with one attached hydrogen (secondary N) is 1. The first kappa shape index (κ1) is 21.0. The van der Waals surface area contributed by atoms with E-state index in [1.807, 2.05) is 49.2 Å². The lowest BCUT2D eigenvalue weighted by atomic mass is 10.0. The molecule has 1 aliphatic carbocycles. The molecule has 0 radical (unpaired) electrons. The van der Waals surface area contributed by atoms with Gasteiger partial charge in [-0.25, -0.2) is 0 Å². The first-order chi connectivity index (χ1) is 11.1. The number of guanidine groups is 1. The molecule has 1 aliphatic rings. The van der Waals surface area contributed by atoms with Crippen LogP contribution in [0.15, 0.2) is 35.3 Å². The maximum Gasteiger partial charge on any atom is 0.193 e. The fourth-order valence-electron chi connectivity index (χ4n) is 2.81. The van der Waals surface area contributed by atoms with Gasteiger partial charge in [0.15, 0.2) is 5.96 Å². The van der Waals surface area contributed by atoms with E-state index in [4.69, 9.17) is 4.74 Å². The van der Waals surface area contributed by atoms with Crippen LogP contribution < -0.4 is 10.1 Å². The van der Waals surface area contributed by atoms with Crippen molar-refractivity contribution in [2.45, 2.75) is 38.2 Å². The molecule has 0 aromatic heterocycles. The molecule has 0 bridgehead atoms. The first-order valence-electron chi connectivity index (χ1n) is 8.53. The molecular formula is C18H30IN3O2. The summed E-state index contributed by atoms with van der Waals surface area (Å²) in [6.45, 7) is 4.66. The number of para-hydroxylation sites is 1. The molecule has 24 heavy (non-hydrogen) atoms. The minimum atomic E-state index is -0.609. The average molecular weight is 447 g/mol. The Morgan fingerprint density at radius 1 is 1.29 bits per heavy atom. The fourth-order valence-corrected chi connectivity index (χ4v) is 2.81. The number of aliphatic hydroxyl groups is 1. The Morgan fingerprint density at radius 2 is 1.96 bits per heavy atom. The molecule has 0 amide bonds. The summed E-state index contributed by atoms with van der Waals surface area (Å²) in [6, 6.07) is 9.81. The molecule has 1 aromatic rings. The number of aliphatic imine (C=N–C) groups is 1. The van der Waals surface area contributed by atoms with Gasteiger partial charge in [0.05, 0.1) is 18.7 Å². The summed E-state index contributed by atoms with van der Waals surface area (Å²) < 4.78 is 5.73. The van der Waals surface area contributed by atoms with Crippen LogP contribution in [0, 0.1) is 0 Å². The van der Waals surface area contributed by atoms with Crippen molar-refractivity contribution < 1.29 is 9.84 Å². The van der Waals surface area contributed by atoms with E-state index in [2.05, 4.69) is 10.3 Å². The van der Waals surface area contributed by atoms with Gasteiger partial charge in [-0.3, -0.25) is 4.99 Å². The molecule has 5 nitrogen and oxygen atoms in total. The van der Waals surface area contributed by atoms with Gasteiger partial charge in [0, 0.05) is 13.6 Å². The van der Waals surface area contributed by atoms with Gasteiger partial charge in [-0.05, 0) is 31.9 Å². The third-order valence-corrected chi connectivity index (χ3v) is 4.19. The van der Waals surface area contributed by atoms with Gasteiger partial charge >= 0.3 is 0 Å². The van der Waals surface area contributed by atoms with Crippen molar-refractivity contribution in [1.29, 1.82) is 0 Å². The van der Waals surface area contributed by atoms with Gasteiger partial charge in [0.1, 0.15) is 12.4 Å². The summed E-state index contributed by atoms with van der Waals surface area (Å²) in [5.41, 5.74) is -0.609. The minimum absolute atomic E-state index is 0. The molecule has 1 aromatic carbocycles.